The lowest BCUT2D eigenvalue weighted by Crippen LogP contribution is -2.50. The molecule has 0 aromatic heterocycles. The molecule has 2 heterocycles. The van der Waals surface area contributed by atoms with Crippen molar-refractivity contribution in [1.82, 2.24) is 4.90 Å². The van der Waals surface area contributed by atoms with Crippen molar-refractivity contribution >= 4 is 23.6 Å². The first-order chi connectivity index (χ1) is 8.93. The average Bonchev–Trinajstić information content (AvgIpc) is 2.93. The van der Waals surface area contributed by atoms with Gasteiger partial charge in [0.15, 0.2) is 0 Å². The van der Waals surface area contributed by atoms with Crippen LogP contribution in [-0.2, 0) is 14.3 Å². The highest BCUT2D eigenvalue weighted by Gasteiger charge is 2.46. The van der Waals surface area contributed by atoms with Crippen LogP contribution >= 0.6 is 11.8 Å². The van der Waals surface area contributed by atoms with Gasteiger partial charge < -0.3 is 14.7 Å². The van der Waals surface area contributed by atoms with Gasteiger partial charge in [-0.2, -0.15) is 0 Å². The highest BCUT2D eigenvalue weighted by molar-refractivity contribution is 8.00. The molecule has 4 atom stereocenters. The fourth-order valence-electron chi connectivity index (χ4n) is 2.76. The van der Waals surface area contributed by atoms with Crippen LogP contribution in [0.1, 0.15) is 27.2 Å². The van der Waals surface area contributed by atoms with E-state index < -0.39 is 12.0 Å². The van der Waals surface area contributed by atoms with E-state index in [-0.39, 0.29) is 29.2 Å². The smallest absolute Gasteiger partial charge is 0.327 e. The first kappa shape index (κ1) is 14.7. The maximum Gasteiger partial charge on any atom is 0.327 e. The van der Waals surface area contributed by atoms with Gasteiger partial charge in [0.2, 0.25) is 5.91 Å². The number of rotatable bonds is 3. The number of carbonyl (C=O) groups is 2. The van der Waals surface area contributed by atoms with Crippen molar-refractivity contribution in [3.05, 3.63) is 0 Å². The van der Waals surface area contributed by atoms with E-state index in [9.17, 15) is 14.7 Å². The first-order valence-electron chi connectivity index (χ1n) is 6.71. The molecule has 0 bridgehead atoms. The number of hydrogen-bond acceptors (Lipinski definition) is 4. The third kappa shape index (κ3) is 2.74. The number of carboxylic acids is 1. The largest absolute Gasteiger partial charge is 0.480 e. The summed E-state index contributed by atoms with van der Waals surface area (Å²) in [6.07, 6.45) is 0.582. The quantitative estimate of drug-likeness (QED) is 0.850. The number of nitrogens with zero attached hydrogens (tertiary/aromatic N) is 1. The molecule has 2 rings (SSSR count). The summed E-state index contributed by atoms with van der Waals surface area (Å²) in [4.78, 5) is 25.6. The van der Waals surface area contributed by atoms with Gasteiger partial charge in [0.25, 0.3) is 0 Å². The number of aliphatic carboxylic acids is 1. The minimum Gasteiger partial charge on any atom is -0.480 e. The Morgan fingerprint density at radius 3 is 2.58 bits per heavy atom. The number of hydrogen-bond donors (Lipinski definition) is 1. The van der Waals surface area contributed by atoms with Gasteiger partial charge in [0.1, 0.15) is 6.04 Å². The van der Waals surface area contributed by atoms with E-state index in [0.717, 1.165) is 0 Å². The van der Waals surface area contributed by atoms with Crippen LogP contribution in [0.3, 0.4) is 0 Å². The van der Waals surface area contributed by atoms with Crippen LogP contribution in [0.2, 0.25) is 0 Å². The molecule has 108 valence electrons. The maximum atomic E-state index is 12.7. The Hall–Kier alpha value is -0.750. The SMILES string of the molecule is CC(C)C1SCC(C(=O)O)N1C(=O)C1CCOC1C. The molecule has 0 aliphatic carbocycles. The van der Waals surface area contributed by atoms with Gasteiger partial charge in [0.05, 0.1) is 17.4 Å². The Morgan fingerprint density at radius 1 is 1.42 bits per heavy atom. The predicted molar refractivity (Wildman–Crippen MR) is 72.9 cm³/mol. The molecule has 0 aromatic carbocycles. The molecule has 6 heteroatoms. The molecule has 0 saturated carbocycles. The van der Waals surface area contributed by atoms with Gasteiger partial charge >= 0.3 is 5.97 Å². The fourth-order valence-corrected chi connectivity index (χ4v) is 4.24. The minimum atomic E-state index is -0.907. The lowest BCUT2D eigenvalue weighted by molar-refractivity contribution is -0.152. The second-order valence-electron chi connectivity index (χ2n) is 5.54. The fraction of sp³-hybridized carbons (Fsp3) is 0.846. The molecular weight excluding hydrogens is 266 g/mol. The van der Waals surface area contributed by atoms with Crippen molar-refractivity contribution in [3.8, 4) is 0 Å². The molecule has 0 aromatic rings. The van der Waals surface area contributed by atoms with Crippen LogP contribution in [0.25, 0.3) is 0 Å². The third-order valence-electron chi connectivity index (χ3n) is 3.84. The molecule has 4 unspecified atom stereocenters. The molecule has 5 nitrogen and oxygen atoms in total. The van der Waals surface area contributed by atoms with E-state index in [1.807, 2.05) is 20.8 Å². The van der Waals surface area contributed by atoms with Gasteiger partial charge in [-0.15, -0.1) is 11.8 Å². The Bertz CT molecular complexity index is 374. The summed E-state index contributed by atoms with van der Waals surface area (Å²) < 4.78 is 5.44. The topological polar surface area (TPSA) is 66.8 Å². The Balaban J connectivity index is 2.20. The van der Waals surface area contributed by atoms with Gasteiger partial charge in [-0.1, -0.05) is 13.8 Å². The monoisotopic (exact) mass is 287 g/mol. The van der Waals surface area contributed by atoms with E-state index in [0.29, 0.717) is 18.8 Å². The number of carboxylic acid groups (broad SMARTS) is 1. The Labute approximate surface area is 117 Å². The molecule has 0 spiro atoms. The van der Waals surface area contributed by atoms with Gasteiger partial charge in [-0.3, -0.25) is 4.79 Å². The van der Waals surface area contributed by atoms with E-state index >= 15 is 0 Å². The summed E-state index contributed by atoms with van der Waals surface area (Å²) in [6.45, 7) is 6.52. The Kier molecular flexibility index (Phi) is 4.40. The molecule has 2 aliphatic heterocycles. The number of thioether (sulfide) groups is 1. The molecule has 19 heavy (non-hydrogen) atoms. The van der Waals surface area contributed by atoms with E-state index in [2.05, 4.69) is 0 Å². The highest BCUT2D eigenvalue weighted by atomic mass is 32.2. The van der Waals surface area contributed by atoms with Crippen molar-refractivity contribution in [2.24, 2.45) is 11.8 Å². The lowest BCUT2D eigenvalue weighted by Gasteiger charge is -2.32. The van der Waals surface area contributed by atoms with Crippen LogP contribution in [-0.4, -0.2) is 51.8 Å². The zero-order valence-electron chi connectivity index (χ0n) is 11.5. The van der Waals surface area contributed by atoms with Crippen molar-refractivity contribution in [1.29, 1.82) is 0 Å². The summed E-state index contributed by atoms with van der Waals surface area (Å²) in [5, 5.41) is 9.26. The maximum absolute atomic E-state index is 12.7. The molecular formula is C13H21NO4S. The summed E-state index contributed by atoms with van der Waals surface area (Å²) in [5.74, 6) is -0.430. The summed E-state index contributed by atoms with van der Waals surface area (Å²) in [7, 11) is 0. The van der Waals surface area contributed by atoms with E-state index in [4.69, 9.17) is 4.74 Å². The van der Waals surface area contributed by atoms with E-state index in [1.54, 1.807) is 16.7 Å². The van der Waals surface area contributed by atoms with Crippen molar-refractivity contribution in [2.75, 3.05) is 12.4 Å². The van der Waals surface area contributed by atoms with Crippen LogP contribution in [0.5, 0.6) is 0 Å². The number of carbonyl (C=O) groups excluding carboxylic acids is 1. The van der Waals surface area contributed by atoms with Gasteiger partial charge in [0, 0.05) is 12.4 Å². The second-order valence-corrected chi connectivity index (χ2v) is 6.69. The number of ether oxygens (including phenoxy) is 1. The lowest BCUT2D eigenvalue weighted by atomic mass is 9.99. The number of amides is 1. The summed E-state index contributed by atoms with van der Waals surface area (Å²) in [5.41, 5.74) is 0. The van der Waals surface area contributed by atoms with Crippen molar-refractivity contribution in [2.45, 2.75) is 44.7 Å². The molecule has 1 N–H and O–H groups in total. The third-order valence-corrected chi connectivity index (χ3v) is 5.46. The predicted octanol–water partition coefficient (Wildman–Crippen LogP) is 1.42. The first-order valence-corrected chi connectivity index (χ1v) is 7.76. The van der Waals surface area contributed by atoms with Crippen LogP contribution < -0.4 is 0 Å². The van der Waals surface area contributed by atoms with Crippen LogP contribution in [0.4, 0.5) is 0 Å². The standard InChI is InChI=1S/C13H21NO4S/c1-7(2)12-14(10(6-19-12)13(16)17)11(15)9-4-5-18-8(9)3/h7-10,12H,4-6H2,1-3H3,(H,16,17). The van der Waals surface area contributed by atoms with E-state index in [1.165, 1.54) is 0 Å². The minimum absolute atomic E-state index is 0.0404. The van der Waals surface area contributed by atoms with Crippen LogP contribution in [0.15, 0.2) is 0 Å². The van der Waals surface area contributed by atoms with Crippen molar-refractivity contribution in [3.63, 3.8) is 0 Å². The Morgan fingerprint density at radius 2 is 2.11 bits per heavy atom. The zero-order valence-corrected chi connectivity index (χ0v) is 12.4. The average molecular weight is 287 g/mol. The van der Waals surface area contributed by atoms with Gasteiger partial charge in [-0.25, -0.2) is 4.79 Å². The molecule has 0 radical (unpaired) electrons. The molecule has 2 aliphatic rings. The van der Waals surface area contributed by atoms with Gasteiger partial charge in [-0.05, 0) is 19.3 Å². The zero-order chi connectivity index (χ0) is 14.2. The van der Waals surface area contributed by atoms with Crippen LogP contribution in [0, 0.1) is 11.8 Å². The summed E-state index contributed by atoms with van der Waals surface area (Å²) in [6, 6.07) is -0.697. The molecule has 1 amide bonds. The summed E-state index contributed by atoms with van der Waals surface area (Å²) >= 11 is 1.57. The normalized spacial score (nSPS) is 35.1. The second kappa shape index (κ2) is 5.71. The van der Waals surface area contributed by atoms with Crippen molar-refractivity contribution < 1.29 is 19.4 Å². The molecule has 2 saturated heterocycles. The molecule has 2 fully saturated rings. The highest BCUT2D eigenvalue weighted by Crippen LogP contribution is 2.37.